The van der Waals surface area contributed by atoms with E-state index in [0.29, 0.717) is 17.2 Å². The van der Waals surface area contributed by atoms with Crippen LogP contribution >= 0.6 is 23.4 Å². The van der Waals surface area contributed by atoms with Gasteiger partial charge in [0.05, 0.1) is 6.10 Å². The zero-order chi connectivity index (χ0) is 21.1. The van der Waals surface area contributed by atoms with Gasteiger partial charge >= 0.3 is 5.97 Å². The Bertz CT molecular complexity index is 701. The van der Waals surface area contributed by atoms with Crippen LogP contribution in [0.15, 0.2) is 24.3 Å². The second-order valence-electron chi connectivity index (χ2n) is 9.08. The molecule has 1 aromatic rings. The number of thioether (sulfide) groups is 1. The van der Waals surface area contributed by atoms with Crippen LogP contribution in [0.25, 0.3) is 0 Å². The summed E-state index contributed by atoms with van der Waals surface area (Å²) in [5.74, 6) is 0.388. The third-order valence-electron chi connectivity index (χ3n) is 4.57. The average molecular weight is 426 g/mol. The second kappa shape index (κ2) is 9.53. The molecule has 1 saturated heterocycles. The molecule has 3 unspecified atom stereocenters. The van der Waals surface area contributed by atoms with Crippen LogP contribution in [0.4, 0.5) is 0 Å². The summed E-state index contributed by atoms with van der Waals surface area (Å²) >= 11 is 7.98. The number of ether oxygens (including phenoxy) is 1. The van der Waals surface area contributed by atoms with Crippen LogP contribution in [0.1, 0.15) is 65.3 Å². The third kappa shape index (κ3) is 6.15. The third-order valence-corrected chi connectivity index (χ3v) is 6.22. The molecule has 2 rings (SSSR count). The lowest BCUT2D eigenvalue weighted by Gasteiger charge is -2.31. The first-order valence-electron chi connectivity index (χ1n) is 9.87. The first kappa shape index (κ1) is 23.1. The van der Waals surface area contributed by atoms with Gasteiger partial charge in [-0.3, -0.25) is 4.79 Å². The van der Waals surface area contributed by atoms with Gasteiger partial charge in [0.2, 0.25) is 5.91 Å². The minimum Gasteiger partial charge on any atom is -0.461 e. The Labute approximate surface area is 178 Å². The van der Waals surface area contributed by atoms with Crippen molar-refractivity contribution < 1.29 is 14.3 Å². The average Bonchev–Trinajstić information content (AvgIpc) is 2.97. The van der Waals surface area contributed by atoms with Crippen molar-refractivity contribution in [3.63, 3.8) is 0 Å². The van der Waals surface area contributed by atoms with Crippen LogP contribution in [-0.2, 0) is 14.3 Å². The summed E-state index contributed by atoms with van der Waals surface area (Å²) in [6.07, 6.45) is 1.13. The van der Waals surface area contributed by atoms with Crippen molar-refractivity contribution >= 4 is 35.2 Å². The SMILES string of the molecule is CC(CC(=O)N1C(C(=O)OC(C)C)CSC1c1ccccc1Cl)CC(C)(C)C. The molecule has 3 atom stereocenters. The Kier molecular flexibility index (Phi) is 7.86. The van der Waals surface area contributed by atoms with Crippen molar-refractivity contribution in [1.29, 1.82) is 0 Å². The van der Waals surface area contributed by atoms with Gasteiger partial charge in [-0.2, -0.15) is 0 Å². The van der Waals surface area contributed by atoms with Crippen LogP contribution in [0.2, 0.25) is 5.02 Å². The maximum atomic E-state index is 13.3. The van der Waals surface area contributed by atoms with E-state index in [0.717, 1.165) is 12.0 Å². The van der Waals surface area contributed by atoms with Crippen LogP contribution in [0.3, 0.4) is 0 Å². The molecule has 1 amide bonds. The molecule has 0 aliphatic carbocycles. The van der Waals surface area contributed by atoms with E-state index in [2.05, 4.69) is 27.7 Å². The molecular formula is C22H32ClNO3S. The Morgan fingerprint density at radius 3 is 2.46 bits per heavy atom. The van der Waals surface area contributed by atoms with Gasteiger partial charge in [0.25, 0.3) is 0 Å². The Morgan fingerprint density at radius 1 is 1.25 bits per heavy atom. The van der Waals surface area contributed by atoms with Crippen molar-refractivity contribution in [3.05, 3.63) is 34.9 Å². The second-order valence-corrected chi connectivity index (χ2v) is 10.6. The quantitative estimate of drug-likeness (QED) is 0.548. The zero-order valence-electron chi connectivity index (χ0n) is 17.7. The highest BCUT2D eigenvalue weighted by atomic mass is 35.5. The van der Waals surface area contributed by atoms with Crippen LogP contribution < -0.4 is 0 Å². The number of carbonyl (C=O) groups is 2. The molecule has 0 saturated carbocycles. The summed E-state index contributed by atoms with van der Waals surface area (Å²) in [5.41, 5.74) is 1.02. The molecule has 6 heteroatoms. The van der Waals surface area contributed by atoms with E-state index in [1.54, 1.807) is 16.7 Å². The summed E-state index contributed by atoms with van der Waals surface area (Å²) in [5, 5.41) is 0.339. The summed E-state index contributed by atoms with van der Waals surface area (Å²) in [7, 11) is 0. The summed E-state index contributed by atoms with van der Waals surface area (Å²) < 4.78 is 5.44. The number of hydrogen-bond donors (Lipinski definition) is 0. The van der Waals surface area contributed by atoms with Gasteiger partial charge in [0.1, 0.15) is 11.4 Å². The molecule has 0 spiro atoms. The van der Waals surface area contributed by atoms with Crippen molar-refractivity contribution in [2.45, 2.75) is 71.9 Å². The van der Waals surface area contributed by atoms with Gasteiger partial charge in [-0.25, -0.2) is 4.79 Å². The molecule has 1 aromatic carbocycles. The van der Waals surface area contributed by atoms with Crippen molar-refractivity contribution in [3.8, 4) is 0 Å². The van der Waals surface area contributed by atoms with Crippen LogP contribution in [0.5, 0.6) is 0 Å². The Hall–Kier alpha value is -1.20. The lowest BCUT2D eigenvalue weighted by Crippen LogP contribution is -2.45. The normalized spacial score (nSPS) is 21.1. The zero-order valence-corrected chi connectivity index (χ0v) is 19.3. The summed E-state index contributed by atoms with van der Waals surface area (Å²) in [6, 6.07) is 6.94. The maximum Gasteiger partial charge on any atom is 0.330 e. The highest BCUT2D eigenvalue weighted by Gasteiger charge is 2.44. The fourth-order valence-electron chi connectivity index (χ4n) is 3.74. The van der Waals surface area contributed by atoms with E-state index in [9.17, 15) is 9.59 Å². The van der Waals surface area contributed by atoms with Gasteiger partial charge in [0.15, 0.2) is 0 Å². The Morgan fingerprint density at radius 2 is 1.89 bits per heavy atom. The van der Waals surface area contributed by atoms with Crippen molar-refractivity contribution in [2.75, 3.05) is 5.75 Å². The van der Waals surface area contributed by atoms with E-state index in [1.165, 1.54) is 0 Å². The maximum absolute atomic E-state index is 13.3. The molecule has 1 heterocycles. The van der Waals surface area contributed by atoms with E-state index < -0.39 is 6.04 Å². The first-order chi connectivity index (χ1) is 13.0. The van der Waals surface area contributed by atoms with Crippen molar-refractivity contribution in [2.24, 2.45) is 11.3 Å². The van der Waals surface area contributed by atoms with E-state index in [-0.39, 0.29) is 34.7 Å². The minimum absolute atomic E-state index is 0.0163. The van der Waals surface area contributed by atoms with E-state index in [1.807, 2.05) is 38.1 Å². The van der Waals surface area contributed by atoms with Gasteiger partial charge in [-0.05, 0) is 37.7 Å². The van der Waals surface area contributed by atoms with E-state index in [4.69, 9.17) is 16.3 Å². The number of esters is 1. The Balaban J connectivity index is 2.27. The molecule has 1 aliphatic heterocycles. The number of nitrogens with zero attached hydrogens (tertiary/aromatic N) is 1. The molecule has 0 N–H and O–H groups in total. The molecule has 28 heavy (non-hydrogen) atoms. The standard InChI is InChI=1S/C22H32ClNO3S/c1-14(2)27-21(26)18-13-28-20(16-9-7-8-10-17(16)23)24(18)19(25)11-15(3)12-22(4,5)6/h7-10,14-15,18,20H,11-13H2,1-6H3. The highest BCUT2D eigenvalue weighted by molar-refractivity contribution is 7.99. The topological polar surface area (TPSA) is 46.6 Å². The van der Waals surface area contributed by atoms with Gasteiger partial charge in [-0.1, -0.05) is 57.5 Å². The van der Waals surface area contributed by atoms with Crippen LogP contribution in [-0.4, -0.2) is 34.7 Å². The monoisotopic (exact) mass is 425 g/mol. The summed E-state index contributed by atoms with van der Waals surface area (Å²) in [4.78, 5) is 27.7. The summed E-state index contributed by atoms with van der Waals surface area (Å²) in [6.45, 7) is 12.3. The number of halogens is 1. The number of carbonyl (C=O) groups excluding carboxylic acids is 2. The molecule has 0 aromatic heterocycles. The number of hydrogen-bond acceptors (Lipinski definition) is 4. The smallest absolute Gasteiger partial charge is 0.330 e. The molecule has 0 bridgehead atoms. The molecule has 1 aliphatic rings. The highest BCUT2D eigenvalue weighted by Crippen LogP contribution is 2.44. The molecule has 0 radical (unpaired) electrons. The first-order valence-corrected chi connectivity index (χ1v) is 11.3. The molecule has 4 nitrogen and oxygen atoms in total. The lowest BCUT2D eigenvalue weighted by atomic mass is 9.84. The van der Waals surface area contributed by atoms with Crippen molar-refractivity contribution in [1.82, 2.24) is 4.90 Å². The van der Waals surface area contributed by atoms with Gasteiger partial charge in [0, 0.05) is 22.8 Å². The largest absolute Gasteiger partial charge is 0.461 e. The lowest BCUT2D eigenvalue weighted by molar-refractivity contribution is -0.157. The van der Waals surface area contributed by atoms with E-state index >= 15 is 0 Å². The fourth-order valence-corrected chi connectivity index (χ4v) is 5.51. The predicted molar refractivity (Wildman–Crippen MR) is 116 cm³/mol. The fraction of sp³-hybridized carbons (Fsp3) is 0.636. The van der Waals surface area contributed by atoms with Gasteiger partial charge < -0.3 is 9.64 Å². The minimum atomic E-state index is -0.581. The van der Waals surface area contributed by atoms with Crippen LogP contribution in [0, 0.1) is 11.3 Å². The number of amides is 1. The molecule has 156 valence electrons. The number of rotatable bonds is 6. The predicted octanol–water partition coefficient (Wildman–Crippen LogP) is 5.70. The van der Waals surface area contributed by atoms with Gasteiger partial charge in [-0.15, -0.1) is 11.8 Å². The molecular weight excluding hydrogens is 394 g/mol. The number of benzene rings is 1. The molecule has 1 fully saturated rings.